The van der Waals surface area contributed by atoms with E-state index in [2.05, 4.69) is 21.2 Å². The highest BCUT2D eigenvalue weighted by atomic mass is 79.9. The fraction of sp³-hybridized carbons (Fsp3) is 0.429. The molecule has 1 amide bonds. The topological polar surface area (TPSA) is 75.6 Å². The number of nitrogens with one attached hydrogen (secondary N) is 1. The Morgan fingerprint density at radius 3 is 2.70 bits per heavy atom. The van der Waals surface area contributed by atoms with E-state index in [-0.39, 0.29) is 12.3 Å². The molecule has 1 aromatic carbocycles. The number of carbonyl (C=O) groups is 2. The van der Waals surface area contributed by atoms with Crippen LogP contribution in [0.4, 0.5) is 0 Å². The Kier molecular flexibility index (Phi) is 7.08. The number of amides is 1. The number of benzene rings is 1. The second kappa shape index (κ2) is 8.58. The summed E-state index contributed by atoms with van der Waals surface area (Å²) in [7, 11) is 0. The van der Waals surface area contributed by atoms with Crippen molar-refractivity contribution in [2.75, 3.05) is 6.54 Å². The van der Waals surface area contributed by atoms with Crippen LogP contribution in [0.2, 0.25) is 0 Å². The Morgan fingerprint density at radius 1 is 1.35 bits per heavy atom. The number of unbranched alkanes of at least 4 members (excludes halogenated alkanes) is 1. The van der Waals surface area contributed by atoms with E-state index in [9.17, 15) is 9.59 Å². The molecule has 0 spiro atoms. The van der Waals surface area contributed by atoms with Crippen LogP contribution in [0.1, 0.15) is 26.2 Å². The van der Waals surface area contributed by atoms with Crippen molar-refractivity contribution < 1.29 is 19.4 Å². The largest absolute Gasteiger partial charge is 0.481 e. The van der Waals surface area contributed by atoms with Crippen molar-refractivity contribution >= 4 is 27.8 Å². The minimum atomic E-state index is -0.818. The highest BCUT2D eigenvalue weighted by Crippen LogP contribution is 2.24. The van der Waals surface area contributed by atoms with Gasteiger partial charge in [-0.1, -0.05) is 12.1 Å². The number of aliphatic carboxylic acids is 1. The normalized spacial score (nSPS) is 11.7. The van der Waals surface area contributed by atoms with E-state index in [1.165, 1.54) is 0 Å². The molecule has 2 N–H and O–H groups in total. The number of hydrogen-bond acceptors (Lipinski definition) is 3. The van der Waals surface area contributed by atoms with Gasteiger partial charge in [0.1, 0.15) is 5.75 Å². The molecule has 6 heteroatoms. The van der Waals surface area contributed by atoms with E-state index in [4.69, 9.17) is 9.84 Å². The number of carboxylic acids is 1. The molecule has 0 aliphatic rings. The molecule has 110 valence electrons. The maximum Gasteiger partial charge on any atom is 0.303 e. The highest BCUT2D eigenvalue weighted by molar-refractivity contribution is 9.10. The third kappa shape index (κ3) is 6.06. The molecule has 0 radical (unpaired) electrons. The molecule has 0 aliphatic heterocycles. The van der Waals surface area contributed by atoms with Crippen molar-refractivity contribution in [2.24, 2.45) is 0 Å². The molecule has 20 heavy (non-hydrogen) atoms. The SMILES string of the molecule is CC(Oc1ccccc1Br)C(=O)NCCCCC(=O)O. The van der Waals surface area contributed by atoms with Crippen LogP contribution in [0, 0.1) is 0 Å². The van der Waals surface area contributed by atoms with Gasteiger partial charge < -0.3 is 15.2 Å². The van der Waals surface area contributed by atoms with Crippen molar-refractivity contribution in [1.82, 2.24) is 5.32 Å². The molecule has 1 atom stereocenters. The number of para-hydroxylation sites is 1. The average molecular weight is 344 g/mol. The predicted molar refractivity (Wildman–Crippen MR) is 78.7 cm³/mol. The molecular formula is C14H18BrNO4. The van der Waals surface area contributed by atoms with Gasteiger partial charge in [0, 0.05) is 13.0 Å². The van der Waals surface area contributed by atoms with Crippen LogP contribution >= 0.6 is 15.9 Å². The van der Waals surface area contributed by atoms with Gasteiger partial charge >= 0.3 is 5.97 Å². The summed E-state index contributed by atoms with van der Waals surface area (Å²) in [5, 5.41) is 11.2. The van der Waals surface area contributed by atoms with Crippen LogP contribution < -0.4 is 10.1 Å². The zero-order valence-electron chi connectivity index (χ0n) is 11.3. The van der Waals surface area contributed by atoms with Crippen LogP contribution in [0.25, 0.3) is 0 Å². The summed E-state index contributed by atoms with van der Waals surface area (Å²) >= 11 is 3.35. The summed E-state index contributed by atoms with van der Waals surface area (Å²) in [6.07, 6.45) is 0.710. The van der Waals surface area contributed by atoms with Gasteiger partial charge in [-0.2, -0.15) is 0 Å². The minimum absolute atomic E-state index is 0.124. The summed E-state index contributed by atoms with van der Waals surface area (Å²) in [4.78, 5) is 22.1. The summed E-state index contributed by atoms with van der Waals surface area (Å²) < 4.78 is 6.34. The van der Waals surface area contributed by atoms with Crippen molar-refractivity contribution in [3.05, 3.63) is 28.7 Å². The van der Waals surface area contributed by atoms with E-state index in [1.807, 2.05) is 18.2 Å². The van der Waals surface area contributed by atoms with E-state index >= 15 is 0 Å². The number of rotatable bonds is 8. The number of carboxylic acid groups (broad SMARTS) is 1. The van der Waals surface area contributed by atoms with Gasteiger partial charge in [0.2, 0.25) is 0 Å². The molecule has 0 saturated heterocycles. The molecule has 0 aliphatic carbocycles. The molecule has 1 unspecified atom stereocenters. The number of ether oxygens (including phenoxy) is 1. The maximum atomic E-state index is 11.8. The van der Waals surface area contributed by atoms with Gasteiger partial charge in [-0.15, -0.1) is 0 Å². The van der Waals surface area contributed by atoms with Crippen LogP contribution in [0.5, 0.6) is 5.75 Å². The minimum Gasteiger partial charge on any atom is -0.481 e. The van der Waals surface area contributed by atoms with Gasteiger partial charge in [0.25, 0.3) is 5.91 Å². The first-order valence-corrected chi connectivity index (χ1v) is 7.20. The van der Waals surface area contributed by atoms with Crippen LogP contribution in [0.15, 0.2) is 28.7 Å². The molecule has 0 aromatic heterocycles. The summed E-state index contributed by atoms with van der Waals surface area (Å²) in [5.41, 5.74) is 0. The first-order chi connectivity index (χ1) is 9.50. The Hall–Kier alpha value is -1.56. The van der Waals surface area contributed by atoms with Gasteiger partial charge in [0.05, 0.1) is 4.47 Å². The van der Waals surface area contributed by atoms with Crippen molar-refractivity contribution in [3.8, 4) is 5.75 Å². The first kappa shape index (κ1) is 16.5. The second-order valence-electron chi connectivity index (χ2n) is 4.33. The second-order valence-corrected chi connectivity index (χ2v) is 5.19. The van der Waals surface area contributed by atoms with Gasteiger partial charge in [-0.05, 0) is 47.8 Å². The predicted octanol–water partition coefficient (Wildman–Crippen LogP) is 2.59. The molecule has 1 rings (SSSR count). The van der Waals surface area contributed by atoms with Crippen LogP contribution in [0.3, 0.4) is 0 Å². The fourth-order valence-electron chi connectivity index (χ4n) is 1.54. The molecule has 5 nitrogen and oxygen atoms in total. The van der Waals surface area contributed by atoms with E-state index in [1.54, 1.807) is 13.0 Å². The van der Waals surface area contributed by atoms with E-state index in [0.717, 1.165) is 4.47 Å². The standard InChI is InChI=1S/C14H18BrNO4/c1-10(20-12-7-3-2-6-11(12)15)14(19)16-9-5-4-8-13(17)18/h2-3,6-7,10H,4-5,8-9H2,1H3,(H,16,19)(H,17,18). The smallest absolute Gasteiger partial charge is 0.303 e. The Bertz CT molecular complexity index is 464. The molecule has 1 aromatic rings. The number of carbonyl (C=O) groups excluding carboxylic acids is 1. The zero-order chi connectivity index (χ0) is 15.0. The lowest BCUT2D eigenvalue weighted by Gasteiger charge is -2.15. The molecular weight excluding hydrogens is 326 g/mol. The van der Waals surface area contributed by atoms with Crippen LogP contribution in [-0.4, -0.2) is 29.6 Å². The summed E-state index contributed by atoms with van der Waals surface area (Å²) in [5.74, 6) is -0.418. The van der Waals surface area contributed by atoms with Gasteiger partial charge in [-0.25, -0.2) is 0 Å². The molecule has 0 heterocycles. The highest BCUT2D eigenvalue weighted by Gasteiger charge is 2.15. The lowest BCUT2D eigenvalue weighted by atomic mass is 10.2. The molecule has 0 fully saturated rings. The Balaban J connectivity index is 2.29. The maximum absolute atomic E-state index is 11.8. The van der Waals surface area contributed by atoms with E-state index < -0.39 is 12.1 Å². The zero-order valence-corrected chi connectivity index (χ0v) is 12.9. The van der Waals surface area contributed by atoms with Crippen molar-refractivity contribution in [2.45, 2.75) is 32.3 Å². The first-order valence-electron chi connectivity index (χ1n) is 6.41. The quantitative estimate of drug-likeness (QED) is 0.711. The Morgan fingerprint density at radius 2 is 2.05 bits per heavy atom. The molecule has 0 bridgehead atoms. The average Bonchev–Trinajstić information content (AvgIpc) is 2.40. The van der Waals surface area contributed by atoms with Gasteiger partial charge in [-0.3, -0.25) is 9.59 Å². The fourth-order valence-corrected chi connectivity index (χ4v) is 1.92. The van der Waals surface area contributed by atoms with Crippen molar-refractivity contribution in [1.29, 1.82) is 0 Å². The number of hydrogen-bond donors (Lipinski definition) is 2. The molecule has 0 saturated carbocycles. The number of halogens is 1. The van der Waals surface area contributed by atoms with Crippen molar-refractivity contribution in [3.63, 3.8) is 0 Å². The summed E-state index contributed by atoms with van der Waals surface area (Å²) in [6, 6.07) is 7.31. The van der Waals surface area contributed by atoms with Gasteiger partial charge in [0.15, 0.2) is 6.10 Å². The third-order valence-electron chi connectivity index (χ3n) is 2.63. The third-order valence-corrected chi connectivity index (χ3v) is 3.28. The van der Waals surface area contributed by atoms with E-state index in [0.29, 0.717) is 25.1 Å². The monoisotopic (exact) mass is 343 g/mol. The van der Waals surface area contributed by atoms with Crippen LogP contribution in [-0.2, 0) is 9.59 Å². The Labute approximate surface area is 126 Å². The lowest BCUT2D eigenvalue weighted by molar-refractivity contribution is -0.137. The summed E-state index contributed by atoms with van der Waals surface area (Å²) in [6.45, 7) is 2.13. The lowest BCUT2D eigenvalue weighted by Crippen LogP contribution is -2.36.